The predicted octanol–water partition coefficient (Wildman–Crippen LogP) is 5.70. The summed E-state index contributed by atoms with van der Waals surface area (Å²) in [6.45, 7) is 4.85. The highest BCUT2D eigenvalue weighted by Crippen LogP contribution is 2.44. The molecule has 3 aromatic rings. The smallest absolute Gasteiger partial charge is 0.311 e. The van der Waals surface area contributed by atoms with Crippen molar-refractivity contribution in [1.29, 1.82) is 0 Å². The summed E-state index contributed by atoms with van der Waals surface area (Å²) in [6, 6.07) is 7.32. The number of hydrogen-bond donors (Lipinski definition) is 1. The van der Waals surface area contributed by atoms with E-state index in [1.807, 2.05) is 0 Å². The highest BCUT2D eigenvalue weighted by molar-refractivity contribution is 5.91. The summed E-state index contributed by atoms with van der Waals surface area (Å²) in [5.74, 6) is -0.685. The van der Waals surface area contributed by atoms with Gasteiger partial charge in [0, 0.05) is 29.8 Å². The fraction of sp³-hybridized carbons (Fsp3) is 0.286. The lowest BCUT2D eigenvalue weighted by atomic mass is 9.99. The van der Waals surface area contributed by atoms with Gasteiger partial charge in [0.05, 0.1) is 0 Å². The normalized spacial score (nSPS) is 11.7. The van der Waals surface area contributed by atoms with Crippen molar-refractivity contribution in [3.05, 3.63) is 54.1 Å². The molecule has 0 atom stereocenters. The zero-order valence-corrected chi connectivity index (χ0v) is 16.6. The number of hydrogen-bond acceptors (Lipinski definition) is 3. The Hall–Kier alpha value is -3.23. The minimum absolute atomic E-state index is 0.0648. The van der Waals surface area contributed by atoms with E-state index in [2.05, 4.69) is 15.4 Å². The van der Waals surface area contributed by atoms with Crippen molar-refractivity contribution in [3.63, 3.8) is 0 Å². The van der Waals surface area contributed by atoms with E-state index >= 15 is 0 Å². The van der Waals surface area contributed by atoms with Crippen LogP contribution >= 0.6 is 0 Å². The van der Waals surface area contributed by atoms with Crippen molar-refractivity contribution < 1.29 is 22.4 Å². The van der Waals surface area contributed by atoms with Gasteiger partial charge in [0.2, 0.25) is 5.91 Å². The first-order chi connectivity index (χ1) is 14.1. The van der Waals surface area contributed by atoms with Crippen LogP contribution in [0.15, 0.2) is 42.6 Å². The fourth-order valence-corrected chi connectivity index (χ4v) is 3.05. The van der Waals surface area contributed by atoms with Crippen molar-refractivity contribution in [3.8, 4) is 22.4 Å². The van der Waals surface area contributed by atoms with E-state index < -0.39 is 23.7 Å². The monoisotopic (exact) mass is 420 g/mol. The average molecular weight is 420 g/mol. The van der Waals surface area contributed by atoms with Gasteiger partial charge >= 0.3 is 6.18 Å². The van der Waals surface area contributed by atoms with Crippen molar-refractivity contribution >= 4 is 11.7 Å². The van der Waals surface area contributed by atoms with Crippen molar-refractivity contribution in [2.75, 3.05) is 5.32 Å². The van der Waals surface area contributed by atoms with Crippen LogP contribution in [0.4, 0.5) is 23.4 Å². The van der Waals surface area contributed by atoms with Crippen molar-refractivity contribution in [1.82, 2.24) is 14.8 Å². The van der Waals surface area contributed by atoms with Crippen LogP contribution < -0.4 is 5.32 Å². The number of aromatic nitrogens is 3. The number of carbonyl (C=O) groups is 1. The molecule has 2 heterocycles. The topological polar surface area (TPSA) is 59.8 Å². The molecule has 158 valence electrons. The van der Waals surface area contributed by atoms with Crippen LogP contribution in [0.5, 0.6) is 0 Å². The molecular formula is C21H20F4N4O. The van der Waals surface area contributed by atoms with Crippen LogP contribution in [-0.2, 0) is 11.0 Å². The van der Waals surface area contributed by atoms with E-state index in [0.717, 1.165) is 4.68 Å². The molecule has 0 bridgehead atoms. The number of anilines is 1. The van der Waals surface area contributed by atoms with E-state index in [4.69, 9.17) is 0 Å². The van der Waals surface area contributed by atoms with Gasteiger partial charge in [-0.25, -0.2) is 9.37 Å². The van der Waals surface area contributed by atoms with Crippen LogP contribution in [0.2, 0.25) is 0 Å². The lowest BCUT2D eigenvalue weighted by Gasteiger charge is -2.15. The van der Waals surface area contributed by atoms with Gasteiger partial charge in [0.1, 0.15) is 17.3 Å². The van der Waals surface area contributed by atoms with Crippen molar-refractivity contribution in [2.24, 2.45) is 0 Å². The van der Waals surface area contributed by atoms with E-state index in [1.54, 1.807) is 20.8 Å². The number of nitrogens with zero attached hydrogens (tertiary/aromatic N) is 3. The molecule has 1 amide bonds. The predicted molar refractivity (Wildman–Crippen MR) is 105 cm³/mol. The molecule has 3 rings (SSSR count). The standard InChI is InChI=1S/C21H20F4N4O/c1-4-17(30)27-16-11-14(9-10-26-16)18-19(13-5-7-15(22)8-6-13)28-29(12(2)3)20(18)21(23,24)25/h5-12H,4H2,1-3H3,(H,26,27,30). The first-order valence-corrected chi connectivity index (χ1v) is 9.33. The lowest BCUT2D eigenvalue weighted by Crippen LogP contribution is -2.17. The average Bonchev–Trinajstić information content (AvgIpc) is 3.10. The van der Waals surface area contributed by atoms with Gasteiger partial charge in [0.15, 0.2) is 5.69 Å². The Balaban J connectivity index is 2.29. The van der Waals surface area contributed by atoms with E-state index in [0.29, 0.717) is 5.56 Å². The Kier molecular flexibility index (Phi) is 5.91. The molecule has 0 aliphatic heterocycles. The summed E-state index contributed by atoms with van der Waals surface area (Å²) < 4.78 is 56.6. The molecule has 1 aromatic carbocycles. The first-order valence-electron chi connectivity index (χ1n) is 9.33. The fourth-order valence-electron chi connectivity index (χ4n) is 3.05. The third-order valence-electron chi connectivity index (χ3n) is 4.42. The molecule has 30 heavy (non-hydrogen) atoms. The first kappa shape index (κ1) is 21.5. The molecule has 1 N–H and O–H groups in total. The van der Waals surface area contributed by atoms with Crippen LogP contribution in [-0.4, -0.2) is 20.7 Å². The van der Waals surface area contributed by atoms with Gasteiger partial charge < -0.3 is 5.32 Å². The summed E-state index contributed by atoms with van der Waals surface area (Å²) in [6.07, 6.45) is -3.17. The van der Waals surface area contributed by atoms with E-state index in [9.17, 15) is 22.4 Å². The molecule has 0 unspecified atom stereocenters. The van der Waals surface area contributed by atoms with Gasteiger partial charge in [-0.3, -0.25) is 9.48 Å². The number of alkyl halides is 3. The minimum Gasteiger partial charge on any atom is -0.311 e. The highest BCUT2D eigenvalue weighted by atomic mass is 19.4. The second kappa shape index (κ2) is 8.25. The molecule has 0 aliphatic carbocycles. The van der Waals surface area contributed by atoms with Crippen LogP contribution in [0, 0.1) is 5.82 Å². The highest BCUT2D eigenvalue weighted by Gasteiger charge is 2.41. The van der Waals surface area contributed by atoms with E-state index in [-0.39, 0.29) is 35.0 Å². The Morgan fingerprint density at radius 3 is 2.37 bits per heavy atom. The number of benzene rings is 1. The zero-order valence-electron chi connectivity index (χ0n) is 16.6. The van der Waals surface area contributed by atoms with E-state index in [1.165, 1.54) is 42.6 Å². The lowest BCUT2D eigenvalue weighted by molar-refractivity contribution is -0.144. The Bertz CT molecular complexity index is 1060. The third kappa shape index (κ3) is 4.34. The Labute approximate surface area is 170 Å². The van der Waals surface area contributed by atoms with Gasteiger partial charge in [-0.05, 0) is 55.8 Å². The summed E-state index contributed by atoms with van der Waals surface area (Å²) in [5.41, 5.74) is -0.481. The summed E-state index contributed by atoms with van der Waals surface area (Å²) in [4.78, 5) is 15.7. The molecule has 2 aromatic heterocycles. The van der Waals surface area contributed by atoms with Gasteiger partial charge in [0.25, 0.3) is 0 Å². The van der Waals surface area contributed by atoms with Crippen molar-refractivity contribution in [2.45, 2.75) is 39.4 Å². The number of carbonyl (C=O) groups excluding carboxylic acids is 1. The summed E-state index contributed by atoms with van der Waals surface area (Å²) in [7, 11) is 0. The maximum absolute atomic E-state index is 14.1. The van der Waals surface area contributed by atoms with Gasteiger partial charge in [-0.2, -0.15) is 18.3 Å². The second-order valence-electron chi connectivity index (χ2n) is 6.95. The van der Waals surface area contributed by atoms with Gasteiger partial charge in [-0.1, -0.05) is 6.92 Å². The molecule has 0 saturated heterocycles. The molecule has 0 fully saturated rings. The second-order valence-corrected chi connectivity index (χ2v) is 6.95. The summed E-state index contributed by atoms with van der Waals surface area (Å²) >= 11 is 0. The SMILES string of the molecule is CCC(=O)Nc1cc(-c2c(-c3ccc(F)cc3)nn(C(C)C)c2C(F)(F)F)ccn1. The maximum atomic E-state index is 14.1. The van der Waals surface area contributed by atoms with Crippen LogP contribution in [0.25, 0.3) is 22.4 Å². The number of rotatable bonds is 5. The number of pyridine rings is 1. The quantitative estimate of drug-likeness (QED) is 0.539. The largest absolute Gasteiger partial charge is 0.433 e. The van der Waals surface area contributed by atoms with Crippen LogP contribution in [0.1, 0.15) is 38.9 Å². The van der Waals surface area contributed by atoms with Gasteiger partial charge in [-0.15, -0.1) is 0 Å². The molecule has 0 radical (unpaired) electrons. The minimum atomic E-state index is -4.69. The molecular weight excluding hydrogens is 400 g/mol. The Morgan fingerprint density at radius 2 is 1.80 bits per heavy atom. The number of halogens is 4. The molecule has 9 heteroatoms. The third-order valence-corrected chi connectivity index (χ3v) is 4.42. The number of amides is 1. The maximum Gasteiger partial charge on any atom is 0.433 e. The molecule has 5 nitrogen and oxygen atoms in total. The molecule has 0 aliphatic rings. The zero-order chi connectivity index (χ0) is 22.1. The Morgan fingerprint density at radius 1 is 1.13 bits per heavy atom. The summed E-state index contributed by atoms with van der Waals surface area (Å²) in [5, 5.41) is 6.77. The molecule has 0 spiro atoms. The molecule has 0 saturated carbocycles. The van der Waals surface area contributed by atoms with Crippen LogP contribution in [0.3, 0.4) is 0 Å². The number of nitrogens with one attached hydrogen (secondary N) is 1.